The Morgan fingerprint density at radius 3 is 2.69 bits per heavy atom. The summed E-state index contributed by atoms with van der Waals surface area (Å²) in [6, 6.07) is 16.9. The predicted octanol–water partition coefficient (Wildman–Crippen LogP) is 6.11. The highest BCUT2D eigenvalue weighted by atomic mass is 79.9. The Bertz CT molecular complexity index is 1080. The molecule has 0 saturated carbocycles. The SMILES string of the molecule is CC(C)OC(=O)c1ccc(N/C=C(\C#N)c2nc(-c3cccc(Br)c3)cs2)cc1. The molecule has 0 saturated heterocycles. The molecule has 2 aromatic carbocycles. The summed E-state index contributed by atoms with van der Waals surface area (Å²) in [5.74, 6) is -0.359. The third-order valence-corrected chi connectivity index (χ3v) is 5.19. The first-order chi connectivity index (χ1) is 14.0. The Kier molecular flexibility index (Phi) is 6.81. The van der Waals surface area contributed by atoms with Crippen LogP contribution in [0.2, 0.25) is 0 Å². The quantitative estimate of drug-likeness (QED) is 0.349. The van der Waals surface area contributed by atoms with Crippen molar-refractivity contribution in [1.29, 1.82) is 5.26 Å². The number of halogens is 1. The summed E-state index contributed by atoms with van der Waals surface area (Å²) in [5.41, 5.74) is 3.46. The summed E-state index contributed by atoms with van der Waals surface area (Å²) in [4.78, 5) is 16.5. The number of carbonyl (C=O) groups is 1. The lowest BCUT2D eigenvalue weighted by Gasteiger charge is -2.08. The fourth-order valence-corrected chi connectivity index (χ4v) is 3.65. The molecule has 0 aliphatic rings. The van der Waals surface area contributed by atoms with E-state index in [1.807, 2.05) is 43.5 Å². The van der Waals surface area contributed by atoms with Crippen LogP contribution in [-0.2, 0) is 4.74 Å². The molecule has 0 aliphatic heterocycles. The first-order valence-electron chi connectivity index (χ1n) is 8.86. The molecule has 0 spiro atoms. The zero-order valence-corrected chi connectivity index (χ0v) is 18.3. The zero-order chi connectivity index (χ0) is 20.8. The molecule has 0 atom stereocenters. The van der Waals surface area contributed by atoms with Gasteiger partial charge in [-0.2, -0.15) is 5.26 Å². The second kappa shape index (κ2) is 9.50. The van der Waals surface area contributed by atoms with E-state index in [4.69, 9.17) is 4.74 Å². The number of aromatic nitrogens is 1. The van der Waals surface area contributed by atoms with Gasteiger partial charge in [-0.1, -0.05) is 28.1 Å². The summed E-state index contributed by atoms with van der Waals surface area (Å²) < 4.78 is 6.15. The van der Waals surface area contributed by atoms with Crippen molar-refractivity contribution in [2.24, 2.45) is 0 Å². The van der Waals surface area contributed by atoms with Gasteiger partial charge in [0.1, 0.15) is 16.6 Å². The maximum Gasteiger partial charge on any atom is 0.338 e. The van der Waals surface area contributed by atoms with Gasteiger partial charge in [0.15, 0.2) is 0 Å². The monoisotopic (exact) mass is 467 g/mol. The lowest BCUT2D eigenvalue weighted by atomic mass is 10.2. The molecule has 1 N–H and O–H groups in total. The second-order valence-corrected chi connectivity index (χ2v) is 8.17. The van der Waals surface area contributed by atoms with Crippen LogP contribution >= 0.6 is 27.3 Å². The van der Waals surface area contributed by atoms with Crippen LogP contribution in [0, 0.1) is 11.3 Å². The number of allylic oxidation sites excluding steroid dienone is 1. The smallest absolute Gasteiger partial charge is 0.338 e. The van der Waals surface area contributed by atoms with Crippen LogP contribution in [0.4, 0.5) is 5.69 Å². The zero-order valence-electron chi connectivity index (χ0n) is 15.8. The molecule has 29 heavy (non-hydrogen) atoms. The fourth-order valence-electron chi connectivity index (χ4n) is 2.46. The van der Waals surface area contributed by atoms with Crippen molar-refractivity contribution in [2.45, 2.75) is 20.0 Å². The summed E-state index contributed by atoms with van der Waals surface area (Å²) in [6.45, 7) is 3.62. The Morgan fingerprint density at radius 1 is 1.28 bits per heavy atom. The molecular formula is C22H18BrN3O2S. The number of carbonyl (C=O) groups excluding carboxylic acids is 1. The number of benzene rings is 2. The van der Waals surface area contributed by atoms with Crippen LogP contribution < -0.4 is 5.32 Å². The molecule has 146 valence electrons. The minimum atomic E-state index is -0.359. The Morgan fingerprint density at radius 2 is 2.03 bits per heavy atom. The van der Waals surface area contributed by atoms with E-state index in [9.17, 15) is 10.1 Å². The van der Waals surface area contributed by atoms with Gasteiger partial charge in [-0.25, -0.2) is 9.78 Å². The van der Waals surface area contributed by atoms with E-state index >= 15 is 0 Å². The molecular weight excluding hydrogens is 450 g/mol. The van der Waals surface area contributed by atoms with E-state index in [0.717, 1.165) is 21.4 Å². The number of ether oxygens (including phenoxy) is 1. The maximum absolute atomic E-state index is 11.9. The molecule has 7 heteroatoms. The molecule has 5 nitrogen and oxygen atoms in total. The van der Waals surface area contributed by atoms with Gasteiger partial charge >= 0.3 is 5.97 Å². The van der Waals surface area contributed by atoms with Crippen LogP contribution in [0.25, 0.3) is 16.8 Å². The number of esters is 1. The number of nitrogens with zero attached hydrogens (tertiary/aromatic N) is 2. The predicted molar refractivity (Wildman–Crippen MR) is 119 cm³/mol. The second-order valence-electron chi connectivity index (χ2n) is 6.39. The normalized spacial score (nSPS) is 11.2. The molecule has 0 unspecified atom stereocenters. The van der Waals surface area contributed by atoms with Crippen LogP contribution in [0.3, 0.4) is 0 Å². The van der Waals surface area contributed by atoms with Crippen molar-refractivity contribution in [3.63, 3.8) is 0 Å². The maximum atomic E-state index is 11.9. The van der Waals surface area contributed by atoms with Crippen molar-refractivity contribution in [3.8, 4) is 17.3 Å². The van der Waals surface area contributed by atoms with Gasteiger partial charge < -0.3 is 10.1 Å². The molecule has 0 radical (unpaired) electrons. The van der Waals surface area contributed by atoms with Crippen LogP contribution in [-0.4, -0.2) is 17.1 Å². The van der Waals surface area contributed by atoms with Crippen molar-refractivity contribution < 1.29 is 9.53 Å². The number of nitriles is 1. The molecule has 0 aliphatic carbocycles. The molecule has 0 amide bonds. The van der Waals surface area contributed by atoms with Crippen LogP contribution in [0.1, 0.15) is 29.2 Å². The molecule has 1 aromatic heterocycles. The van der Waals surface area contributed by atoms with Crippen molar-refractivity contribution in [3.05, 3.63) is 75.2 Å². The largest absolute Gasteiger partial charge is 0.459 e. The standard InChI is InChI=1S/C22H18BrN3O2S/c1-14(2)28-22(27)15-6-8-19(9-7-15)25-12-17(11-24)21-26-20(13-29-21)16-4-3-5-18(23)10-16/h3-10,12-14,25H,1-2H3/b17-12+. The highest BCUT2D eigenvalue weighted by Gasteiger charge is 2.10. The molecule has 3 rings (SSSR count). The molecule has 3 aromatic rings. The van der Waals surface area contributed by atoms with Crippen LogP contribution in [0.15, 0.2) is 64.6 Å². The summed E-state index contributed by atoms with van der Waals surface area (Å²) in [7, 11) is 0. The summed E-state index contributed by atoms with van der Waals surface area (Å²) in [5, 5.41) is 15.2. The van der Waals surface area contributed by atoms with Gasteiger partial charge in [-0.15, -0.1) is 11.3 Å². The van der Waals surface area contributed by atoms with Crippen LogP contribution in [0.5, 0.6) is 0 Å². The molecule has 0 bridgehead atoms. The van der Waals surface area contributed by atoms with E-state index in [0.29, 0.717) is 16.1 Å². The van der Waals surface area contributed by atoms with Gasteiger partial charge in [-0.3, -0.25) is 0 Å². The van der Waals surface area contributed by atoms with E-state index in [2.05, 4.69) is 32.3 Å². The first kappa shape index (κ1) is 20.8. The Labute approximate surface area is 181 Å². The van der Waals surface area contributed by atoms with Gasteiger partial charge in [0.25, 0.3) is 0 Å². The minimum Gasteiger partial charge on any atom is -0.459 e. The van der Waals surface area contributed by atoms with E-state index in [1.165, 1.54) is 11.3 Å². The summed E-state index contributed by atoms with van der Waals surface area (Å²) >= 11 is 4.87. The van der Waals surface area contributed by atoms with E-state index in [-0.39, 0.29) is 12.1 Å². The third-order valence-electron chi connectivity index (χ3n) is 3.82. The number of rotatable bonds is 6. The highest BCUT2D eigenvalue weighted by molar-refractivity contribution is 9.10. The first-order valence-corrected chi connectivity index (χ1v) is 10.5. The average molecular weight is 468 g/mol. The third kappa shape index (κ3) is 5.53. The van der Waals surface area contributed by atoms with Gasteiger partial charge in [0.05, 0.1) is 17.4 Å². The van der Waals surface area contributed by atoms with Gasteiger partial charge in [0, 0.05) is 27.3 Å². The lowest BCUT2D eigenvalue weighted by molar-refractivity contribution is 0.0378. The lowest BCUT2D eigenvalue weighted by Crippen LogP contribution is -2.11. The van der Waals surface area contributed by atoms with Gasteiger partial charge in [0.2, 0.25) is 0 Å². The number of thiazole rings is 1. The fraction of sp³-hybridized carbons (Fsp3) is 0.136. The molecule has 1 heterocycles. The van der Waals surface area contributed by atoms with Gasteiger partial charge in [-0.05, 0) is 50.2 Å². The van der Waals surface area contributed by atoms with Crippen molar-refractivity contribution >= 4 is 44.5 Å². The number of hydrogen-bond acceptors (Lipinski definition) is 6. The van der Waals surface area contributed by atoms with Crippen molar-refractivity contribution in [1.82, 2.24) is 4.98 Å². The average Bonchev–Trinajstić information content (AvgIpc) is 3.18. The van der Waals surface area contributed by atoms with E-state index in [1.54, 1.807) is 30.5 Å². The minimum absolute atomic E-state index is 0.165. The Balaban J connectivity index is 1.73. The topological polar surface area (TPSA) is 75.0 Å². The number of nitrogens with one attached hydrogen (secondary N) is 1. The number of anilines is 1. The van der Waals surface area contributed by atoms with E-state index < -0.39 is 0 Å². The van der Waals surface area contributed by atoms with Crippen molar-refractivity contribution in [2.75, 3.05) is 5.32 Å². The number of hydrogen-bond donors (Lipinski definition) is 1. The summed E-state index contributed by atoms with van der Waals surface area (Å²) in [6.07, 6.45) is 1.45. The molecule has 0 fully saturated rings. The Hall–Kier alpha value is -2.95. The highest BCUT2D eigenvalue weighted by Crippen LogP contribution is 2.27.